The average Bonchev–Trinajstić information content (AvgIpc) is 2.75. The molecule has 0 radical (unpaired) electrons. The fraction of sp³-hybridized carbons (Fsp3) is 0.727. The summed E-state index contributed by atoms with van der Waals surface area (Å²) in [5, 5.41) is 4.70. The smallest absolute Gasteiger partial charge is 0.324 e. The Morgan fingerprint density at radius 1 is 1.41 bits per heavy atom. The number of imide groups is 1. The van der Waals surface area contributed by atoms with E-state index in [4.69, 9.17) is 0 Å². The summed E-state index contributed by atoms with van der Waals surface area (Å²) >= 11 is 3.11. The number of hydrogen-bond acceptors (Lipinski definition) is 5. The number of nitrogens with zero attached hydrogens (tertiary/aromatic N) is 2. The minimum absolute atomic E-state index is 0.110. The molecule has 0 aliphatic carbocycles. The summed E-state index contributed by atoms with van der Waals surface area (Å²) in [7, 11) is -3.17. The number of sulfonamides is 1. The first-order valence-corrected chi connectivity index (χ1v) is 9.30. The third kappa shape index (κ3) is 4.17. The first-order valence-electron chi connectivity index (χ1n) is 6.78. The normalized spacial score (nSPS) is 25.1. The van der Waals surface area contributed by atoms with Gasteiger partial charge in [-0.05, 0) is 6.42 Å². The largest absolute Gasteiger partial charge is 0.353 e. The van der Waals surface area contributed by atoms with Gasteiger partial charge in [-0.25, -0.2) is 17.5 Å². The molecule has 2 aliphatic heterocycles. The SMILES string of the molecule is O=C(CN1CC(Br)C(=O)NC1=O)NCCN1CCCS1(=O)=O. The van der Waals surface area contributed by atoms with Crippen molar-refractivity contribution in [2.75, 3.05) is 38.5 Å². The number of carbonyl (C=O) groups is 3. The molecular formula is C11H17BrN4O5S. The molecule has 2 saturated heterocycles. The van der Waals surface area contributed by atoms with E-state index >= 15 is 0 Å². The summed E-state index contributed by atoms with van der Waals surface area (Å²) in [5.74, 6) is -0.683. The Morgan fingerprint density at radius 3 is 2.77 bits per heavy atom. The van der Waals surface area contributed by atoms with E-state index in [1.807, 2.05) is 0 Å². The second kappa shape index (κ2) is 6.92. The highest BCUT2D eigenvalue weighted by molar-refractivity contribution is 9.10. The zero-order valence-electron chi connectivity index (χ0n) is 11.7. The van der Waals surface area contributed by atoms with Gasteiger partial charge in [-0.2, -0.15) is 0 Å². The Bertz CT molecular complexity index is 581. The molecule has 9 nitrogen and oxygen atoms in total. The summed E-state index contributed by atoms with van der Waals surface area (Å²) in [4.78, 5) is 35.2. The van der Waals surface area contributed by atoms with E-state index in [-0.39, 0.29) is 31.9 Å². The van der Waals surface area contributed by atoms with Crippen LogP contribution < -0.4 is 10.6 Å². The van der Waals surface area contributed by atoms with Gasteiger partial charge in [-0.15, -0.1) is 0 Å². The lowest BCUT2D eigenvalue weighted by atomic mass is 10.3. The van der Waals surface area contributed by atoms with E-state index in [1.54, 1.807) is 0 Å². The van der Waals surface area contributed by atoms with E-state index in [1.165, 1.54) is 9.21 Å². The van der Waals surface area contributed by atoms with Crippen LogP contribution in [0.15, 0.2) is 0 Å². The molecule has 0 aromatic carbocycles. The number of halogens is 1. The first kappa shape index (κ1) is 17.2. The van der Waals surface area contributed by atoms with Crippen molar-refractivity contribution in [3.05, 3.63) is 0 Å². The molecule has 22 heavy (non-hydrogen) atoms. The summed E-state index contributed by atoms with van der Waals surface area (Å²) in [6.07, 6.45) is 0.602. The van der Waals surface area contributed by atoms with Crippen molar-refractivity contribution in [3.63, 3.8) is 0 Å². The van der Waals surface area contributed by atoms with Crippen LogP contribution in [0.3, 0.4) is 0 Å². The van der Waals surface area contributed by atoms with Crippen LogP contribution in [0.2, 0.25) is 0 Å². The summed E-state index contributed by atoms with van der Waals surface area (Å²) in [6.45, 7) is 0.802. The third-order valence-corrected chi connectivity index (χ3v) is 6.07. The van der Waals surface area contributed by atoms with E-state index in [9.17, 15) is 22.8 Å². The fourth-order valence-electron chi connectivity index (χ4n) is 2.25. The van der Waals surface area contributed by atoms with Crippen LogP contribution in [0.4, 0.5) is 4.79 Å². The van der Waals surface area contributed by atoms with Gasteiger partial charge in [0.15, 0.2) is 0 Å². The number of carbonyl (C=O) groups excluding carboxylic acids is 3. The van der Waals surface area contributed by atoms with Crippen molar-refractivity contribution in [1.29, 1.82) is 0 Å². The van der Waals surface area contributed by atoms with E-state index < -0.39 is 32.7 Å². The van der Waals surface area contributed by atoms with Crippen molar-refractivity contribution in [3.8, 4) is 0 Å². The quantitative estimate of drug-likeness (QED) is 0.546. The lowest BCUT2D eigenvalue weighted by Gasteiger charge is -2.28. The van der Waals surface area contributed by atoms with E-state index in [2.05, 4.69) is 26.6 Å². The summed E-state index contributed by atoms with van der Waals surface area (Å²) in [5.41, 5.74) is 0. The van der Waals surface area contributed by atoms with Gasteiger partial charge in [0.2, 0.25) is 21.8 Å². The molecule has 1 atom stereocenters. The topological polar surface area (TPSA) is 116 Å². The van der Waals surface area contributed by atoms with Crippen molar-refractivity contribution in [1.82, 2.24) is 19.8 Å². The molecule has 2 N–H and O–H groups in total. The predicted molar refractivity (Wildman–Crippen MR) is 80.8 cm³/mol. The number of urea groups is 1. The van der Waals surface area contributed by atoms with Gasteiger partial charge in [0.1, 0.15) is 11.4 Å². The Morgan fingerprint density at radius 2 is 2.14 bits per heavy atom. The number of rotatable bonds is 5. The van der Waals surface area contributed by atoms with Crippen molar-refractivity contribution in [2.45, 2.75) is 11.2 Å². The number of alkyl halides is 1. The summed E-state index contributed by atoms with van der Waals surface area (Å²) in [6, 6.07) is -0.613. The van der Waals surface area contributed by atoms with Gasteiger partial charge in [-0.1, -0.05) is 15.9 Å². The molecule has 11 heteroatoms. The summed E-state index contributed by atoms with van der Waals surface area (Å²) < 4.78 is 24.5. The molecule has 0 aromatic heterocycles. The average molecular weight is 397 g/mol. The van der Waals surface area contributed by atoms with Gasteiger partial charge in [-0.3, -0.25) is 14.9 Å². The van der Waals surface area contributed by atoms with Gasteiger partial charge in [0.05, 0.1) is 5.75 Å². The van der Waals surface area contributed by atoms with Crippen LogP contribution in [0, 0.1) is 0 Å². The molecule has 0 saturated carbocycles. The maximum atomic E-state index is 11.8. The molecule has 4 amide bonds. The van der Waals surface area contributed by atoms with Crippen LogP contribution >= 0.6 is 15.9 Å². The van der Waals surface area contributed by atoms with Crippen molar-refractivity contribution >= 4 is 43.8 Å². The van der Waals surface area contributed by atoms with Gasteiger partial charge in [0, 0.05) is 26.2 Å². The van der Waals surface area contributed by atoms with Crippen LogP contribution in [0.5, 0.6) is 0 Å². The van der Waals surface area contributed by atoms with Gasteiger partial charge in [0.25, 0.3) is 0 Å². The predicted octanol–water partition coefficient (Wildman–Crippen LogP) is -1.55. The molecule has 2 heterocycles. The highest BCUT2D eigenvalue weighted by Gasteiger charge is 2.31. The Balaban J connectivity index is 1.74. The number of hydrogen-bond donors (Lipinski definition) is 2. The molecule has 0 aromatic rings. The zero-order chi connectivity index (χ0) is 16.3. The first-order chi connectivity index (χ1) is 10.3. The van der Waals surface area contributed by atoms with Gasteiger partial charge < -0.3 is 10.2 Å². The molecule has 0 bridgehead atoms. The molecule has 1 unspecified atom stereocenters. The highest BCUT2D eigenvalue weighted by Crippen LogP contribution is 2.12. The van der Waals surface area contributed by atoms with Gasteiger partial charge >= 0.3 is 6.03 Å². The maximum absolute atomic E-state index is 11.8. The molecular weight excluding hydrogens is 380 g/mol. The number of nitrogens with one attached hydrogen (secondary N) is 2. The molecule has 2 rings (SSSR count). The Hall–Kier alpha value is -1.20. The molecule has 124 valence electrons. The lowest BCUT2D eigenvalue weighted by Crippen LogP contribution is -2.57. The van der Waals surface area contributed by atoms with Crippen LogP contribution in [0.1, 0.15) is 6.42 Å². The van der Waals surface area contributed by atoms with E-state index in [0.29, 0.717) is 13.0 Å². The highest BCUT2D eigenvalue weighted by atomic mass is 79.9. The second-order valence-corrected chi connectivity index (χ2v) is 8.25. The minimum atomic E-state index is -3.17. The maximum Gasteiger partial charge on any atom is 0.324 e. The van der Waals surface area contributed by atoms with Crippen LogP contribution in [-0.2, 0) is 19.6 Å². The molecule has 0 spiro atoms. The van der Waals surface area contributed by atoms with Crippen molar-refractivity contribution in [2.24, 2.45) is 0 Å². The lowest BCUT2D eigenvalue weighted by molar-refractivity contribution is -0.124. The monoisotopic (exact) mass is 396 g/mol. The van der Waals surface area contributed by atoms with Crippen LogP contribution in [0.25, 0.3) is 0 Å². The zero-order valence-corrected chi connectivity index (χ0v) is 14.2. The van der Waals surface area contributed by atoms with Crippen LogP contribution in [-0.4, -0.2) is 78.8 Å². The fourth-order valence-corrected chi connectivity index (χ4v) is 4.24. The van der Waals surface area contributed by atoms with Crippen molar-refractivity contribution < 1.29 is 22.8 Å². The standard InChI is InChI=1S/C11H17BrN4O5S/c12-8-6-15(11(19)14-10(8)18)7-9(17)13-2-4-16-3-1-5-22(16,20)21/h8H,1-7H2,(H,13,17)(H,14,18,19). The minimum Gasteiger partial charge on any atom is -0.353 e. The second-order valence-electron chi connectivity index (χ2n) is 5.06. The third-order valence-electron chi connectivity index (χ3n) is 3.40. The Labute approximate surface area is 136 Å². The molecule has 2 fully saturated rings. The number of amides is 4. The Kier molecular flexibility index (Phi) is 5.40. The molecule has 2 aliphatic rings. The van der Waals surface area contributed by atoms with E-state index in [0.717, 1.165) is 0 Å².